The molecule has 1 aliphatic heterocycles. The van der Waals surface area contributed by atoms with E-state index in [1.165, 1.54) is 43.4 Å². The molecule has 2 fully saturated rings. The minimum absolute atomic E-state index is 0.0359. The van der Waals surface area contributed by atoms with Gasteiger partial charge in [-0.3, -0.25) is 9.69 Å². The van der Waals surface area contributed by atoms with Gasteiger partial charge >= 0.3 is 0 Å². The maximum Gasteiger partial charge on any atom is 0.234 e. The average molecular weight is 466 g/mol. The smallest absolute Gasteiger partial charge is 0.234 e. The van der Waals surface area contributed by atoms with Crippen molar-refractivity contribution in [1.82, 2.24) is 4.90 Å². The van der Waals surface area contributed by atoms with Gasteiger partial charge in [-0.25, -0.2) is 0 Å². The van der Waals surface area contributed by atoms with Crippen LogP contribution in [-0.2, 0) is 10.2 Å². The minimum Gasteiger partial charge on any atom is -0.369 e. The van der Waals surface area contributed by atoms with E-state index >= 15 is 0 Å². The van der Waals surface area contributed by atoms with E-state index in [2.05, 4.69) is 72.3 Å². The summed E-state index contributed by atoms with van der Waals surface area (Å²) in [6.07, 6.45) is 6.99. The monoisotopic (exact) mass is 465 g/mol. The SMILES string of the molecule is CC(C)(C)c1ccc(SCC(=O)Nc2ccc(N3CCN(C4CCCCC4)CC3)cc2)cc1. The van der Waals surface area contributed by atoms with Gasteiger partial charge in [-0.15, -0.1) is 11.8 Å². The average Bonchev–Trinajstić information content (AvgIpc) is 2.84. The molecular formula is C28H39N3OS. The molecule has 1 heterocycles. The molecule has 1 aliphatic carbocycles. The summed E-state index contributed by atoms with van der Waals surface area (Å²) in [5.74, 6) is 0.452. The van der Waals surface area contributed by atoms with Gasteiger partial charge < -0.3 is 10.2 Å². The summed E-state index contributed by atoms with van der Waals surface area (Å²) in [6.45, 7) is 11.1. The van der Waals surface area contributed by atoms with E-state index in [1.807, 2.05) is 12.1 Å². The maximum atomic E-state index is 12.4. The summed E-state index contributed by atoms with van der Waals surface area (Å²) in [6, 6.07) is 17.7. The van der Waals surface area contributed by atoms with Crippen LogP contribution in [0.25, 0.3) is 0 Å². The molecule has 0 spiro atoms. The second-order valence-electron chi connectivity index (χ2n) is 10.5. The highest BCUT2D eigenvalue weighted by atomic mass is 32.2. The number of thioether (sulfide) groups is 1. The first-order valence-corrected chi connectivity index (χ1v) is 13.5. The predicted octanol–water partition coefficient (Wildman–Crippen LogP) is 6.17. The zero-order valence-corrected chi connectivity index (χ0v) is 21.3. The van der Waals surface area contributed by atoms with Crippen LogP contribution < -0.4 is 10.2 Å². The summed E-state index contributed by atoms with van der Waals surface area (Å²) < 4.78 is 0. The van der Waals surface area contributed by atoms with E-state index in [1.54, 1.807) is 11.8 Å². The molecule has 2 aromatic carbocycles. The molecule has 0 atom stereocenters. The molecule has 1 saturated carbocycles. The fraction of sp³-hybridized carbons (Fsp3) is 0.536. The van der Waals surface area contributed by atoms with E-state index in [9.17, 15) is 4.79 Å². The number of nitrogens with zero attached hydrogens (tertiary/aromatic N) is 2. The number of rotatable bonds is 6. The Morgan fingerprint density at radius 1 is 0.909 bits per heavy atom. The van der Waals surface area contributed by atoms with Crippen LogP contribution in [0, 0.1) is 0 Å². The van der Waals surface area contributed by atoms with Crippen LogP contribution in [0.4, 0.5) is 11.4 Å². The summed E-state index contributed by atoms with van der Waals surface area (Å²) in [5.41, 5.74) is 3.58. The third-order valence-corrected chi connectivity index (χ3v) is 8.02. The van der Waals surface area contributed by atoms with Gasteiger partial charge in [-0.2, -0.15) is 0 Å². The molecule has 0 bridgehead atoms. The lowest BCUT2D eigenvalue weighted by atomic mass is 9.87. The third-order valence-electron chi connectivity index (χ3n) is 7.01. The molecule has 178 valence electrons. The van der Waals surface area contributed by atoms with Gasteiger partial charge in [-0.05, 0) is 60.2 Å². The van der Waals surface area contributed by atoms with Crippen molar-refractivity contribution < 1.29 is 4.79 Å². The fourth-order valence-corrected chi connectivity index (χ4v) is 5.64. The highest BCUT2D eigenvalue weighted by Crippen LogP contribution is 2.27. The van der Waals surface area contributed by atoms with Crippen LogP contribution in [0.1, 0.15) is 58.4 Å². The van der Waals surface area contributed by atoms with Gasteiger partial charge in [0.15, 0.2) is 0 Å². The maximum absolute atomic E-state index is 12.4. The van der Waals surface area contributed by atoms with Gasteiger partial charge in [-0.1, -0.05) is 52.2 Å². The Bertz CT molecular complexity index is 890. The topological polar surface area (TPSA) is 35.6 Å². The normalized spacial score (nSPS) is 18.3. The Hall–Kier alpha value is -1.98. The van der Waals surface area contributed by atoms with E-state index in [4.69, 9.17) is 0 Å². The van der Waals surface area contributed by atoms with Crippen LogP contribution >= 0.6 is 11.8 Å². The van der Waals surface area contributed by atoms with E-state index in [0.29, 0.717) is 5.75 Å². The minimum atomic E-state index is 0.0359. The summed E-state index contributed by atoms with van der Waals surface area (Å²) >= 11 is 1.58. The molecule has 4 nitrogen and oxygen atoms in total. The van der Waals surface area contributed by atoms with Crippen LogP contribution in [0.15, 0.2) is 53.4 Å². The number of piperazine rings is 1. The van der Waals surface area contributed by atoms with E-state index < -0.39 is 0 Å². The van der Waals surface area contributed by atoms with Crippen LogP contribution in [0.2, 0.25) is 0 Å². The van der Waals surface area contributed by atoms with Crippen molar-refractivity contribution in [2.75, 3.05) is 42.1 Å². The van der Waals surface area contributed by atoms with Crippen molar-refractivity contribution in [2.45, 2.75) is 69.2 Å². The Balaban J connectivity index is 1.22. The second kappa shape index (κ2) is 11.0. The lowest BCUT2D eigenvalue weighted by molar-refractivity contribution is -0.113. The van der Waals surface area contributed by atoms with Gasteiger partial charge in [0.25, 0.3) is 0 Å². The lowest BCUT2D eigenvalue weighted by Gasteiger charge is -2.41. The zero-order chi connectivity index (χ0) is 23.3. The highest BCUT2D eigenvalue weighted by molar-refractivity contribution is 8.00. The summed E-state index contributed by atoms with van der Waals surface area (Å²) in [5, 5.41) is 3.04. The Morgan fingerprint density at radius 3 is 2.15 bits per heavy atom. The molecule has 2 aliphatic rings. The molecule has 1 N–H and O–H groups in total. The molecular weight excluding hydrogens is 426 g/mol. The van der Waals surface area contributed by atoms with Crippen LogP contribution in [0.3, 0.4) is 0 Å². The third kappa shape index (κ3) is 6.77. The van der Waals surface area contributed by atoms with Crippen molar-refractivity contribution in [1.29, 1.82) is 0 Å². The van der Waals surface area contributed by atoms with E-state index in [0.717, 1.165) is 42.8 Å². The summed E-state index contributed by atoms with van der Waals surface area (Å²) in [4.78, 5) is 18.7. The van der Waals surface area contributed by atoms with Crippen molar-refractivity contribution in [3.8, 4) is 0 Å². The number of carbonyl (C=O) groups is 1. The largest absolute Gasteiger partial charge is 0.369 e. The van der Waals surface area contributed by atoms with Crippen molar-refractivity contribution in [3.05, 3.63) is 54.1 Å². The van der Waals surface area contributed by atoms with Gasteiger partial charge in [0.05, 0.1) is 5.75 Å². The van der Waals surface area contributed by atoms with Gasteiger partial charge in [0.1, 0.15) is 0 Å². The number of benzene rings is 2. The first-order valence-electron chi connectivity index (χ1n) is 12.5. The number of carbonyl (C=O) groups excluding carboxylic acids is 1. The highest BCUT2D eigenvalue weighted by Gasteiger charge is 2.25. The summed E-state index contributed by atoms with van der Waals surface area (Å²) in [7, 11) is 0. The van der Waals surface area contributed by atoms with Gasteiger partial charge in [0, 0.05) is 48.5 Å². The molecule has 1 saturated heterocycles. The number of nitrogens with one attached hydrogen (secondary N) is 1. The van der Waals surface area contributed by atoms with Crippen molar-refractivity contribution in [2.24, 2.45) is 0 Å². The van der Waals surface area contributed by atoms with Crippen LogP contribution in [0.5, 0.6) is 0 Å². The second-order valence-corrected chi connectivity index (χ2v) is 11.5. The van der Waals surface area contributed by atoms with Crippen molar-refractivity contribution >= 4 is 29.0 Å². The Morgan fingerprint density at radius 2 is 1.55 bits per heavy atom. The standard InChI is InChI=1S/C28H39N3OS/c1-28(2,3)22-9-15-26(16-10-22)33-21-27(32)29-23-11-13-25(14-12-23)31-19-17-30(18-20-31)24-7-5-4-6-8-24/h9-16,24H,4-8,17-21H2,1-3H3,(H,29,32). The molecule has 1 amide bonds. The molecule has 0 radical (unpaired) electrons. The predicted molar refractivity (Wildman–Crippen MR) is 142 cm³/mol. The van der Waals surface area contributed by atoms with E-state index in [-0.39, 0.29) is 11.3 Å². The van der Waals surface area contributed by atoms with Crippen molar-refractivity contribution in [3.63, 3.8) is 0 Å². The molecule has 4 rings (SSSR count). The lowest BCUT2D eigenvalue weighted by Crippen LogP contribution is -2.50. The van der Waals surface area contributed by atoms with Gasteiger partial charge in [0.2, 0.25) is 5.91 Å². The Kier molecular flexibility index (Phi) is 8.02. The molecule has 2 aromatic rings. The number of anilines is 2. The number of hydrogen-bond acceptors (Lipinski definition) is 4. The molecule has 0 aromatic heterocycles. The Labute approximate surface area is 204 Å². The number of amides is 1. The first-order chi connectivity index (χ1) is 15.9. The molecule has 33 heavy (non-hydrogen) atoms. The fourth-order valence-electron chi connectivity index (χ4n) is 4.94. The molecule has 0 unspecified atom stereocenters. The van der Waals surface area contributed by atoms with Crippen LogP contribution in [-0.4, -0.2) is 48.8 Å². The first kappa shape index (κ1) is 24.2. The quantitative estimate of drug-likeness (QED) is 0.518. The number of hydrogen-bond donors (Lipinski definition) is 1. The zero-order valence-electron chi connectivity index (χ0n) is 20.5. The molecule has 5 heteroatoms.